The van der Waals surface area contributed by atoms with Gasteiger partial charge in [0.2, 0.25) is 0 Å². The molecule has 0 aliphatic carbocycles. The fourth-order valence-electron chi connectivity index (χ4n) is 3.44. The van der Waals surface area contributed by atoms with Crippen molar-refractivity contribution in [1.82, 2.24) is 4.90 Å². The first kappa shape index (κ1) is 12.1. The van der Waals surface area contributed by atoms with Gasteiger partial charge < -0.3 is 5.73 Å². The summed E-state index contributed by atoms with van der Waals surface area (Å²) in [7, 11) is 0. The van der Waals surface area contributed by atoms with Gasteiger partial charge in [-0.2, -0.15) is 0 Å². The van der Waals surface area contributed by atoms with E-state index in [1.165, 1.54) is 18.2 Å². The van der Waals surface area contributed by atoms with Gasteiger partial charge in [-0.05, 0) is 43.9 Å². The van der Waals surface area contributed by atoms with Crippen LogP contribution in [0.2, 0.25) is 0 Å². The smallest absolute Gasteiger partial charge is 0.127 e. The third kappa shape index (κ3) is 2.15. The minimum Gasteiger partial charge on any atom is -0.328 e. The maximum atomic E-state index is 13.7. The van der Waals surface area contributed by atoms with E-state index in [-0.39, 0.29) is 17.7 Å². The predicted molar refractivity (Wildman–Crippen MR) is 65.9 cm³/mol. The van der Waals surface area contributed by atoms with Crippen molar-refractivity contribution in [3.05, 3.63) is 35.4 Å². The van der Waals surface area contributed by atoms with Gasteiger partial charge in [-0.1, -0.05) is 0 Å². The lowest BCUT2D eigenvalue weighted by Crippen LogP contribution is -2.46. The minimum absolute atomic E-state index is 0.274. The molecular weight excluding hydrogens is 234 g/mol. The second-order valence-electron chi connectivity index (χ2n) is 5.52. The molecule has 2 unspecified atom stereocenters. The van der Waals surface area contributed by atoms with Crippen LogP contribution in [0, 0.1) is 11.6 Å². The van der Waals surface area contributed by atoms with E-state index in [4.69, 9.17) is 5.73 Å². The number of hydrogen-bond acceptors (Lipinski definition) is 2. The van der Waals surface area contributed by atoms with Crippen LogP contribution < -0.4 is 5.73 Å². The Balaban J connectivity index is 1.79. The number of fused-ring (bicyclic) bond motifs is 2. The molecule has 98 valence electrons. The largest absolute Gasteiger partial charge is 0.328 e. The normalized spacial score (nSPS) is 31.8. The topological polar surface area (TPSA) is 29.3 Å². The molecule has 3 rings (SSSR count). The van der Waals surface area contributed by atoms with Crippen molar-refractivity contribution in [3.63, 3.8) is 0 Å². The molecule has 2 heterocycles. The third-order valence-electron chi connectivity index (χ3n) is 4.28. The van der Waals surface area contributed by atoms with Gasteiger partial charge in [0.1, 0.15) is 11.6 Å². The monoisotopic (exact) mass is 252 g/mol. The summed E-state index contributed by atoms with van der Waals surface area (Å²) in [4.78, 5) is 2.31. The van der Waals surface area contributed by atoms with Gasteiger partial charge in [-0.3, -0.25) is 4.90 Å². The summed E-state index contributed by atoms with van der Waals surface area (Å²) in [6.45, 7) is 0.506. The summed E-state index contributed by atoms with van der Waals surface area (Å²) in [6.07, 6.45) is 4.23. The zero-order valence-corrected chi connectivity index (χ0v) is 10.3. The molecule has 2 saturated heterocycles. The maximum Gasteiger partial charge on any atom is 0.127 e. The van der Waals surface area contributed by atoms with Crippen LogP contribution in [0.25, 0.3) is 0 Å². The van der Waals surface area contributed by atoms with Crippen molar-refractivity contribution in [2.45, 2.75) is 50.4 Å². The van der Waals surface area contributed by atoms with Gasteiger partial charge in [-0.15, -0.1) is 0 Å². The fraction of sp³-hybridized carbons (Fsp3) is 0.571. The SMILES string of the molecule is NC1CC2CCC(C1)N2Cc1cc(F)ccc1F. The van der Waals surface area contributed by atoms with E-state index in [1.54, 1.807) is 0 Å². The average Bonchev–Trinajstić information content (AvgIpc) is 2.57. The lowest BCUT2D eigenvalue weighted by atomic mass is 9.97. The molecule has 0 amide bonds. The van der Waals surface area contributed by atoms with E-state index in [9.17, 15) is 8.78 Å². The van der Waals surface area contributed by atoms with E-state index < -0.39 is 0 Å². The Hall–Kier alpha value is -1.00. The van der Waals surface area contributed by atoms with Gasteiger partial charge in [0, 0.05) is 30.2 Å². The van der Waals surface area contributed by atoms with Crippen molar-refractivity contribution in [3.8, 4) is 0 Å². The van der Waals surface area contributed by atoms with Gasteiger partial charge in [0.25, 0.3) is 0 Å². The molecule has 2 bridgehead atoms. The van der Waals surface area contributed by atoms with Crippen molar-refractivity contribution >= 4 is 0 Å². The standard InChI is InChI=1S/C14H18F2N2/c15-10-1-4-14(16)9(5-10)8-18-12-2-3-13(18)7-11(17)6-12/h1,4-5,11-13H,2-3,6-8,17H2. The number of halogens is 2. The van der Waals surface area contributed by atoms with Crippen molar-refractivity contribution in [1.29, 1.82) is 0 Å². The lowest BCUT2D eigenvalue weighted by Gasteiger charge is -2.37. The first-order valence-electron chi connectivity index (χ1n) is 6.59. The molecule has 0 saturated carbocycles. The number of rotatable bonds is 2. The Kier molecular flexibility index (Phi) is 3.08. The molecule has 2 nitrogen and oxygen atoms in total. The second kappa shape index (κ2) is 4.59. The van der Waals surface area contributed by atoms with E-state index in [0.717, 1.165) is 25.7 Å². The Labute approximate surface area is 106 Å². The molecule has 4 heteroatoms. The van der Waals surface area contributed by atoms with Crippen LogP contribution in [0.3, 0.4) is 0 Å². The first-order chi connectivity index (χ1) is 8.63. The van der Waals surface area contributed by atoms with Gasteiger partial charge in [0.15, 0.2) is 0 Å². The first-order valence-corrected chi connectivity index (χ1v) is 6.59. The Morgan fingerprint density at radius 1 is 1.17 bits per heavy atom. The highest BCUT2D eigenvalue weighted by Crippen LogP contribution is 2.36. The highest BCUT2D eigenvalue weighted by Gasteiger charge is 2.39. The number of nitrogens with zero attached hydrogens (tertiary/aromatic N) is 1. The quantitative estimate of drug-likeness (QED) is 0.876. The van der Waals surface area contributed by atoms with Crippen LogP contribution in [0.15, 0.2) is 18.2 Å². The molecule has 1 aromatic carbocycles. The molecule has 18 heavy (non-hydrogen) atoms. The number of hydrogen-bond donors (Lipinski definition) is 1. The summed E-state index contributed by atoms with van der Waals surface area (Å²) >= 11 is 0. The van der Waals surface area contributed by atoms with E-state index in [2.05, 4.69) is 4.90 Å². The molecule has 0 radical (unpaired) electrons. The summed E-state index contributed by atoms with van der Waals surface area (Å²) in [6, 6.07) is 4.85. The average molecular weight is 252 g/mol. The highest BCUT2D eigenvalue weighted by molar-refractivity contribution is 5.19. The summed E-state index contributed by atoms with van der Waals surface area (Å²) in [5.74, 6) is -0.682. The van der Waals surface area contributed by atoms with Crippen molar-refractivity contribution in [2.75, 3.05) is 0 Å². The highest BCUT2D eigenvalue weighted by atomic mass is 19.1. The Morgan fingerprint density at radius 3 is 2.50 bits per heavy atom. The van der Waals surface area contributed by atoms with E-state index in [0.29, 0.717) is 24.2 Å². The van der Waals surface area contributed by atoms with Crippen LogP contribution in [0.1, 0.15) is 31.2 Å². The molecule has 2 fully saturated rings. The van der Waals surface area contributed by atoms with Crippen LogP contribution in [0.4, 0.5) is 8.78 Å². The number of benzene rings is 1. The second-order valence-corrected chi connectivity index (χ2v) is 5.52. The van der Waals surface area contributed by atoms with Crippen LogP contribution in [-0.2, 0) is 6.54 Å². The molecule has 2 atom stereocenters. The molecular formula is C14H18F2N2. The third-order valence-corrected chi connectivity index (χ3v) is 4.28. The number of nitrogens with two attached hydrogens (primary N) is 1. The lowest BCUT2D eigenvalue weighted by molar-refractivity contribution is 0.118. The minimum atomic E-state index is -0.368. The fourth-order valence-corrected chi connectivity index (χ4v) is 3.44. The van der Waals surface area contributed by atoms with Gasteiger partial charge in [0.05, 0.1) is 0 Å². The molecule has 0 spiro atoms. The zero-order chi connectivity index (χ0) is 12.7. The van der Waals surface area contributed by atoms with Crippen molar-refractivity contribution < 1.29 is 8.78 Å². The Bertz CT molecular complexity index is 435. The molecule has 1 aromatic rings. The predicted octanol–water partition coefficient (Wildman–Crippen LogP) is 2.42. The van der Waals surface area contributed by atoms with Crippen LogP contribution >= 0.6 is 0 Å². The van der Waals surface area contributed by atoms with E-state index >= 15 is 0 Å². The van der Waals surface area contributed by atoms with Crippen LogP contribution in [-0.4, -0.2) is 23.0 Å². The van der Waals surface area contributed by atoms with Crippen LogP contribution in [0.5, 0.6) is 0 Å². The summed E-state index contributed by atoms with van der Waals surface area (Å²) < 4.78 is 26.8. The van der Waals surface area contributed by atoms with Gasteiger partial charge in [-0.25, -0.2) is 8.78 Å². The zero-order valence-electron chi connectivity index (χ0n) is 10.3. The summed E-state index contributed by atoms with van der Waals surface area (Å²) in [5, 5.41) is 0. The molecule has 2 N–H and O–H groups in total. The maximum absolute atomic E-state index is 13.7. The molecule has 2 aliphatic heterocycles. The Morgan fingerprint density at radius 2 is 1.83 bits per heavy atom. The molecule has 2 aliphatic rings. The molecule has 0 aromatic heterocycles. The van der Waals surface area contributed by atoms with Crippen molar-refractivity contribution in [2.24, 2.45) is 5.73 Å². The summed E-state index contributed by atoms with van der Waals surface area (Å²) in [5.41, 5.74) is 6.46. The van der Waals surface area contributed by atoms with E-state index in [1.807, 2.05) is 0 Å². The number of piperidine rings is 1. The van der Waals surface area contributed by atoms with Gasteiger partial charge >= 0.3 is 0 Å².